The van der Waals surface area contributed by atoms with E-state index < -0.39 is 34.1 Å². The Labute approximate surface area is 228 Å². The molecule has 38 heavy (non-hydrogen) atoms. The van der Waals surface area contributed by atoms with Gasteiger partial charge < -0.3 is 24.8 Å². The Balaban J connectivity index is 1.27. The molecule has 5 aliphatic rings. The van der Waals surface area contributed by atoms with Gasteiger partial charge in [-0.05, 0) is 111 Å². The lowest BCUT2D eigenvalue weighted by Crippen LogP contribution is -2.62. The molecule has 0 unspecified atom stereocenters. The number of aliphatic hydroxyl groups is 3. The van der Waals surface area contributed by atoms with Crippen LogP contribution < -0.4 is 0 Å². The lowest BCUT2D eigenvalue weighted by molar-refractivity contribution is -0.207. The molecular weight excluding hydrogens is 506 g/mol. The third-order valence-electron chi connectivity index (χ3n) is 12.4. The van der Waals surface area contributed by atoms with Gasteiger partial charge in [-0.2, -0.15) is 0 Å². The Morgan fingerprint density at radius 3 is 2.50 bits per heavy atom. The maximum atomic E-state index is 13.0. The Hall–Kier alpha value is -0.740. The van der Waals surface area contributed by atoms with E-state index in [-0.39, 0.29) is 52.4 Å². The third kappa shape index (κ3) is 4.86. The molecule has 5 rings (SSSR count). The van der Waals surface area contributed by atoms with Crippen LogP contribution in [-0.2, 0) is 14.9 Å². The summed E-state index contributed by atoms with van der Waals surface area (Å²) in [6.45, 7) is 7.24. The molecule has 4 saturated carbocycles. The molecular formula is C29H48NO7S-. The minimum atomic E-state index is -4.38. The Morgan fingerprint density at radius 1 is 1.05 bits per heavy atom. The first-order valence-corrected chi connectivity index (χ1v) is 16.6. The van der Waals surface area contributed by atoms with Gasteiger partial charge in [0.15, 0.2) is 0 Å². The van der Waals surface area contributed by atoms with Crippen molar-refractivity contribution >= 4 is 16.0 Å². The van der Waals surface area contributed by atoms with Crippen LogP contribution in [0.1, 0.15) is 91.4 Å². The van der Waals surface area contributed by atoms with Crippen LogP contribution in [-0.4, -0.2) is 75.7 Å². The molecule has 1 amide bonds. The van der Waals surface area contributed by atoms with E-state index in [1.807, 2.05) is 0 Å². The number of likely N-dealkylation sites (tertiary alicyclic amines) is 1. The second-order valence-electron chi connectivity index (χ2n) is 14.1. The number of fused-ring (bicyclic) bond motifs is 5. The van der Waals surface area contributed by atoms with E-state index in [4.69, 9.17) is 0 Å². The van der Waals surface area contributed by atoms with Gasteiger partial charge >= 0.3 is 0 Å². The zero-order chi connectivity index (χ0) is 27.6. The Kier molecular flexibility index (Phi) is 7.78. The van der Waals surface area contributed by atoms with Gasteiger partial charge in [-0.3, -0.25) is 4.79 Å². The molecule has 0 aromatic rings. The van der Waals surface area contributed by atoms with E-state index in [1.54, 1.807) is 4.90 Å². The topological polar surface area (TPSA) is 138 Å². The highest BCUT2D eigenvalue weighted by Crippen LogP contribution is 2.68. The monoisotopic (exact) mass is 554 g/mol. The summed E-state index contributed by atoms with van der Waals surface area (Å²) in [4.78, 5) is 14.6. The van der Waals surface area contributed by atoms with Gasteiger partial charge in [0, 0.05) is 19.0 Å². The van der Waals surface area contributed by atoms with Crippen LogP contribution in [0, 0.1) is 46.3 Å². The first-order chi connectivity index (χ1) is 17.8. The molecule has 12 atom stereocenters. The van der Waals surface area contributed by atoms with E-state index in [2.05, 4.69) is 20.8 Å². The fourth-order valence-electron chi connectivity index (χ4n) is 10.4. The minimum Gasteiger partial charge on any atom is -0.748 e. The summed E-state index contributed by atoms with van der Waals surface area (Å²) >= 11 is 0. The molecule has 5 fully saturated rings. The summed E-state index contributed by atoms with van der Waals surface area (Å²) in [5.41, 5.74) is -0.264. The lowest BCUT2D eigenvalue weighted by Gasteiger charge is -2.63. The van der Waals surface area contributed by atoms with Gasteiger partial charge in [0.2, 0.25) is 5.91 Å². The molecule has 0 radical (unpaired) electrons. The van der Waals surface area contributed by atoms with Crippen LogP contribution in [0.3, 0.4) is 0 Å². The fourth-order valence-corrected chi connectivity index (χ4v) is 11.2. The first-order valence-electron chi connectivity index (χ1n) is 15.0. The highest BCUT2D eigenvalue weighted by molar-refractivity contribution is 7.85. The number of amides is 1. The Morgan fingerprint density at radius 2 is 1.79 bits per heavy atom. The second-order valence-corrected chi connectivity index (χ2v) is 15.6. The molecule has 1 saturated heterocycles. The Bertz CT molecular complexity index is 1000. The van der Waals surface area contributed by atoms with Crippen LogP contribution in [0.2, 0.25) is 0 Å². The van der Waals surface area contributed by atoms with Crippen molar-refractivity contribution < 1.29 is 33.1 Å². The van der Waals surface area contributed by atoms with E-state index in [0.29, 0.717) is 38.1 Å². The molecule has 8 nitrogen and oxygen atoms in total. The van der Waals surface area contributed by atoms with Crippen LogP contribution in [0.25, 0.3) is 0 Å². The SMILES string of the molecule is C[C@H](CCC(=O)N1CCC[C@@H]1CS(=O)(=O)[O-])[C@H]1CC[C@H]2[C@@H]3[C@H](O)C[C@@H]4C[C@H](O)CC[C@]4(C)[C@H]3C[C@H](O)[C@]12C. The normalized spacial score (nSPS) is 47.8. The number of nitrogens with zero attached hydrogens (tertiary/aromatic N) is 1. The van der Waals surface area contributed by atoms with Crippen molar-refractivity contribution in [3.63, 3.8) is 0 Å². The largest absolute Gasteiger partial charge is 0.748 e. The summed E-state index contributed by atoms with van der Waals surface area (Å²) in [7, 11) is -4.38. The molecule has 4 aliphatic carbocycles. The molecule has 1 heterocycles. The molecule has 0 spiro atoms. The molecule has 0 bridgehead atoms. The van der Waals surface area contributed by atoms with Crippen LogP contribution in [0.4, 0.5) is 0 Å². The van der Waals surface area contributed by atoms with Gasteiger partial charge in [0.05, 0.1) is 34.2 Å². The van der Waals surface area contributed by atoms with Crippen molar-refractivity contribution in [3.05, 3.63) is 0 Å². The van der Waals surface area contributed by atoms with Crippen molar-refractivity contribution in [2.75, 3.05) is 12.3 Å². The van der Waals surface area contributed by atoms with Crippen molar-refractivity contribution in [2.45, 2.75) is 116 Å². The number of aliphatic hydroxyl groups excluding tert-OH is 3. The van der Waals surface area contributed by atoms with Crippen LogP contribution >= 0.6 is 0 Å². The molecule has 0 aromatic heterocycles. The van der Waals surface area contributed by atoms with Crippen molar-refractivity contribution in [2.24, 2.45) is 46.3 Å². The van der Waals surface area contributed by atoms with Gasteiger partial charge in [0.25, 0.3) is 0 Å². The number of carbonyl (C=O) groups excluding carboxylic acids is 1. The standard InChI is InChI=1S/C29H49NO7S/c1-17(6-9-26(34)30-12-4-5-19(30)16-38(35,36)37)21-7-8-22-27-23(15-25(33)29(21,22)3)28(2)11-10-20(31)13-18(28)14-24(27)32/h17-25,27,31-33H,4-16H2,1-3H3,(H,35,36,37)/p-1/t17-,18+,19-,20-,21-,22+,23+,24-,25+,27+,28+,29-/m1/s1. The molecule has 9 heteroatoms. The predicted molar refractivity (Wildman–Crippen MR) is 142 cm³/mol. The zero-order valence-electron chi connectivity index (χ0n) is 23.3. The lowest BCUT2D eigenvalue weighted by atomic mass is 9.43. The van der Waals surface area contributed by atoms with Crippen LogP contribution in [0.5, 0.6) is 0 Å². The van der Waals surface area contributed by atoms with Crippen molar-refractivity contribution in [3.8, 4) is 0 Å². The average Bonchev–Trinajstić information content (AvgIpc) is 3.43. The van der Waals surface area contributed by atoms with Gasteiger partial charge in [-0.25, -0.2) is 8.42 Å². The third-order valence-corrected chi connectivity index (χ3v) is 13.2. The number of carbonyl (C=O) groups is 1. The second kappa shape index (κ2) is 10.3. The molecule has 1 aliphatic heterocycles. The summed E-state index contributed by atoms with van der Waals surface area (Å²) in [5.74, 6) is 0.836. The van der Waals surface area contributed by atoms with E-state index in [1.165, 1.54) is 0 Å². The van der Waals surface area contributed by atoms with Gasteiger partial charge in [-0.15, -0.1) is 0 Å². The van der Waals surface area contributed by atoms with E-state index in [9.17, 15) is 33.1 Å². The minimum absolute atomic E-state index is 0.0470. The predicted octanol–water partition coefficient (Wildman–Crippen LogP) is 2.90. The molecule has 218 valence electrons. The zero-order valence-corrected chi connectivity index (χ0v) is 24.1. The quantitative estimate of drug-likeness (QED) is 0.429. The van der Waals surface area contributed by atoms with Crippen LogP contribution in [0.15, 0.2) is 0 Å². The first kappa shape index (κ1) is 28.8. The number of hydrogen-bond donors (Lipinski definition) is 3. The molecule has 0 aromatic carbocycles. The average molecular weight is 555 g/mol. The molecule has 3 N–H and O–H groups in total. The fraction of sp³-hybridized carbons (Fsp3) is 0.966. The highest BCUT2D eigenvalue weighted by atomic mass is 32.2. The van der Waals surface area contributed by atoms with Gasteiger partial charge in [-0.1, -0.05) is 20.8 Å². The smallest absolute Gasteiger partial charge is 0.222 e. The van der Waals surface area contributed by atoms with Crippen molar-refractivity contribution in [1.29, 1.82) is 0 Å². The number of rotatable bonds is 6. The summed E-state index contributed by atoms with van der Waals surface area (Å²) in [5, 5.41) is 33.5. The van der Waals surface area contributed by atoms with E-state index in [0.717, 1.165) is 44.9 Å². The van der Waals surface area contributed by atoms with E-state index >= 15 is 0 Å². The maximum Gasteiger partial charge on any atom is 0.222 e. The number of hydrogen-bond acceptors (Lipinski definition) is 7. The maximum absolute atomic E-state index is 13.0. The summed E-state index contributed by atoms with van der Waals surface area (Å²) in [6.07, 6.45) is 7.02. The van der Waals surface area contributed by atoms with Crippen molar-refractivity contribution in [1.82, 2.24) is 4.90 Å². The highest BCUT2D eigenvalue weighted by Gasteiger charge is 2.65. The summed E-state index contributed by atoms with van der Waals surface area (Å²) in [6, 6.07) is -0.510. The van der Waals surface area contributed by atoms with Gasteiger partial charge in [0.1, 0.15) is 0 Å². The summed E-state index contributed by atoms with van der Waals surface area (Å²) < 4.78 is 33.9.